The lowest BCUT2D eigenvalue weighted by molar-refractivity contribution is -0.139. The molecule has 1 aromatic heterocycles. The molecule has 0 fully saturated rings. The van der Waals surface area contributed by atoms with Gasteiger partial charge in [-0.3, -0.25) is 9.48 Å². The van der Waals surface area contributed by atoms with Gasteiger partial charge in [-0.25, -0.2) is 9.18 Å². The van der Waals surface area contributed by atoms with Crippen molar-refractivity contribution < 1.29 is 19.1 Å². The zero-order valence-electron chi connectivity index (χ0n) is 12.5. The molecular weight excluding hydrogens is 325 g/mol. The number of benzene rings is 1. The average Bonchev–Trinajstić information content (AvgIpc) is 2.97. The third-order valence-corrected chi connectivity index (χ3v) is 3.48. The number of carboxylic acid groups (broad SMARTS) is 1. The second-order valence-corrected chi connectivity index (χ2v) is 5.60. The van der Waals surface area contributed by atoms with Crippen molar-refractivity contribution in [2.45, 2.75) is 25.9 Å². The number of halogens is 2. The van der Waals surface area contributed by atoms with Crippen LogP contribution in [-0.4, -0.2) is 26.8 Å². The van der Waals surface area contributed by atoms with Gasteiger partial charge in [0.15, 0.2) is 6.04 Å². The minimum absolute atomic E-state index is 0.0668. The smallest absolute Gasteiger partial charge is 0.330 e. The molecule has 0 spiro atoms. The van der Waals surface area contributed by atoms with E-state index in [0.29, 0.717) is 0 Å². The van der Waals surface area contributed by atoms with Crippen LogP contribution in [0.2, 0.25) is 5.02 Å². The topological polar surface area (TPSA) is 84.2 Å². The van der Waals surface area contributed by atoms with Crippen molar-refractivity contribution >= 4 is 23.5 Å². The van der Waals surface area contributed by atoms with Crippen LogP contribution in [-0.2, 0) is 4.79 Å². The van der Waals surface area contributed by atoms with E-state index in [2.05, 4.69) is 10.4 Å². The Morgan fingerprint density at radius 1 is 1.35 bits per heavy atom. The number of carboxylic acids is 1. The highest BCUT2D eigenvalue weighted by Gasteiger charge is 2.24. The van der Waals surface area contributed by atoms with E-state index in [1.165, 1.54) is 18.2 Å². The Labute approximate surface area is 136 Å². The third kappa shape index (κ3) is 3.87. The van der Waals surface area contributed by atoms with Gasteiger partial charge in [0.25, 0.3) is 5.91 Å². The Morgan fingerprint density at radius 3 is 2.57 bits per heavy atom. The standard InChI is InChI=1S/C15H15ClFN3O3/c1-8(2)20-6-5-12(19-20)14(21)18-13(15(22)23)9-3-4-10(16)11(17)7-9/h3-8,13H,1-2H3,(H,18,21)(H,22,23)/t13-/m1/s1. The maximum absolute atomic E-state index is 13.5. The maximum atomic E-state index is 13.5. The highest BCUT2D eigenvalue weighted by Crippen LogP contribution is 2.21. The highest BCUT2D eigenvalue weighted by molar-refractivity contribution is 6.30. The number of hydrogen-bond donors (Lipinski definition) is 2. The Balaban J connectivity index is 2.23. The summed E-state index contributed by atoms with van der Waals surface area (Å²) >= 11 is 5.58. The quantitative estimate of drug-likeness (QED) is 0.877. The lowest BCUT2D eigenvalue weighted by atomic mass is 10.1. The number of aromatic nitrogens is 2. The van der Waals surface area contributed by atoms with E-state index < -0.39 is 23.7 Å². The molecule has 1 atom stereocenters. The number of hydrogen-bond acceptors (Lipinski definition) is 3. The van der Waals surface area contributed by atoms with Gasteiger partial charge in [0.05, 0.1) is 5.02 Å². The van der Waals surface area contributed by atoms with Gasteiger partial charge in [0, 0.05) is 12.2 Å². The zero-order chi connectivity index (χ0) is 17.1. The summed E-state index contributed by atoms with van der Waals surface area (Å²) in [4.78, 5) is 23.5. The average molecular weight is 340 g/mol. The van der Waals surface area contributed by atoms with Crippen molar-refractivity contribution in [2.75, 3.05) is 0 Å². The minimum Gasteiger partial charge on any atom is -0.479 e. The molecule has 0 bridgehead atoms. The molecule has 0 saturated carbocycles. The monoisotopic (exact) mass is 339 g/mol. The highest BCUT2D eigenvalue weighted by atomic mass is 35.5. The maximum Gasteiger partial charge on any atom is 0.330 e. The fourth-order valence-electron chi connectivity index (χ4n) is 1.93. The normalized spacial score (nSPS) is 12.2. The Morgan fingerprint density at radius 2 is 2.04 bits per heavy atom. The van der Waals surface area contributed by atoms with Crippen molar-refractivity contribution in [3.05, 3.63) is 52.6 Å². The molecule has 1 heterocycles. The van der Waals surface area contributed by atoms with Crippen LogP contribution in [0.1, 0.15) is 42.0 Å². The van der Waals surface area contributed by atoms with Gasteiger partial charge in [0.2, 0.25) is 0 Å². The van der Waals surface area contributed by atoms with Crippen LogP contribution in [0.5, 0.6) is 0 Å². The molecule has 6 nitrogen and oxygen atoms in total. The largest absolute Gasteiger partial charge is 0.479 e. The van der Waals surface area contributed by atoms with Crippen molar-refractivity contribution in [3.8, 4) is 0 Å². The number of carbonyl (C=O) groups is 2. The van der Waals surface area contributed by atoms with Gasteiger partial charge in [-0.15, -0.1) is 0 Å². The summed E-state index contributed by atoms with van der Waals surface area (Å²) in [6.45, 7) is 3.79. The number of nitrogens with one attached hydrogen (secondary N) is 1. The first kappa shape index (κ1) is 17.0. The molecular formula is C15H15ClFN3O3. The van der Waals surface area contributed by atoms with Gasteiger partial charge >= 0.3 is 5.97 Å². The fourth-order valence-corrected chi connectivity index (χ4v) is 2.05. The van der Waals surface area contributed by atoms with E-state index in [-0.39, 0.29) is 22.3 Å². The predicted molar refractivity (Wildman–Crippen MR) is 81.9 cm³/mol. The zero-order valence-corrected chi connectivity index (χ0v) is 13.2. The first-order chi connectivity index (χ1) is 10.8. The number of nitrogens with zero attached hydrogens (tertiary/aromatic N) is 2. The first-order valence-corrected chi connectivity index (χ1v) is 7.21. The number of aliphatic carboxylic acids is 1. The van der Waals surface area contributed by atoms with Crippen LogP contribution in [0.4, 0.5) is 4.39 Å². The molecule has 2 N–H and O–H groups in total. The summed E-state index contributed by atoms with van der Waals surface area (Å²) in [5, 5.41) is 15.5. The molecule has 0 saturated heterocycles. The van der Waals surface area contributed by atoms with E-state index in [4.69, 9.17) is 11.6 Å². The Hall–Kier alpha value is -2.41. The van der Waals surface area contributed by atoms with Crippen LogP contribution in [0.25, 0.3) is 0 Å². The van der Waals surface area contributed by atoms with E-state index >= 15 is 0 Å². The van der Waals surface area contributed by atoms with Crippen LogP contribution < -0.4 is 5.32 Å². The molecule has 122 valence electrons. The van der Waals surface area contributed by atoms with Gasteiger partial charge in [-0.2, -0.15) is 5.10 Å². The molecule has 0 aliphatic heterocycles. The second kappa shape index (κ2) is 6.78. The lowest BCUT2D eigenvalue weighted by Crippen LogP contribution is -2.34. The molecule has 0 radical (unpaired) electrons. The van der Waals surface area contributed by atoms with Crippen molar-refractivity contribution in [1.29, 1.82) is 0 Å². The fraction of sp³-hybridized carbons (Fsp3) is 0.267. The molecule has 8 heteroatoms. The van der Waals surface area contributed by atoms with Crippen LogP contribution >= 0.6 is 11.6 Å². The van der Waals surface area contributed by atoms with E-state index in [1.54, 1.807) is 10.9 Å². The van der Waals surface area contributed by atoms with Gasteiger partial charge in [-0.1, -0.05) is 17.7 Å². The summed E-state index contributed by atoms with van der Waals surface area (Å²) in [6.07, 6.45) is 1.62. The predicted octanol–water partition coefficient (Wildman–Crippen LogP) is 2.81. The number of rotatable bonds is 5. The van der Waals surface area contributed by atoms with Crippen molar-refractivity contribution in [2.24, 2.45) is 0 Å². The SMILES string of the molecule is CC(C)n1ccc(C(=O)N[C@@H](C(=O)O)c2ccc(Cl)c(F)c2)n1. The molecule has 2 aromatic rings. The number of amides is 1. The molecule has 1 aromatic carbocycles. The Bertz CT molecular complexity index is 745. The molecule has 0 aliphatic rings. The molecule has 0 aliphatic carbocycles. The van der Waals surface area contributed by atoms with E-state index in [0.717, 1.165) is 6.07 Å². The summed E-state index contributed by atoms with van der Waals surface area (Å²) in [5.41, 5.74) is 0.162. The summed E-state index contributed by atoms with van der Waals surface area (Å²) in [5.74, 6) is -2.73. The summed E-state index contributed by atoms with van der Waals surface area (Å²) in [7, 11) is 0. The van der Waals surface area contributed by atoms with Crippen LogP contribution in [0, 0.1) is 5.82 Å². The van der Waals surface area contributed by atoms with Crippen molar-refractivity contribution in [3.63, 3.8) is 0 Å². The lowest BCUT2D eigenvalue weighted by Gasteiger charge is -2.14. The van der Waals surface area contributed by atoms with Gasteiger partial charge < -0.3 is 10.4 Å². The van der Waals surface area contributed by atoms with E-state index in [9.17, 15) is 19.1 Å². The molecule has 1 amide bonds. The van der Waals surface area contributed by atoms with Gasteiger partial charge in [0.1, 0.15) is 11.5 Å². The van der Waals surface area contributed by atoms with Gasteiger partial charge in [-0.05, 0) is 37.6 Å². The minimum atomic E-state index is -1.40. The summed E-state index contributed by atoms with van der Waals surface area (Å²) in [6, 6.07) is 3.71. The third-order valence-electron chi connectivity index (χ3n) is 3.17. The van der Waals surface area contributed by atoms with Crippen molar-refractivity contribution in [1.82, 2.24) is 15.1 Å². The van der Waals surface area contributed by atoms with E-state index in [1.807, 2.05) is 13.8 Å². The first-order valence-electron chi connectivity index (χ1n) is 6.83. The van der Waals surface area contributed by atoms with Crippen LogP contribution in [0.3, 0.4) is 0 Å². The molecule has 23 heavy (non-hydrogen) atoms. The Kier molecular flexibility index (Phi) is 5.00. The molecule has 0 unspecified atom stereocenters. The number of carbonyl (C=O) groups excluding carboxylic acids is 1. The van der Waals surface area contributed by atoms with Crippen LogP contribution in [0.15, 0.2) is 30.5 Å². The summed E-state index contributed by atoms with van der Waals surface area (Å²) < 4.78 is 15.1. The molecule has 2 rings (SSSR count). The second-order valence-electron chi connectivity index (χ2n) is 5.19.